The SMILES string of the molecule is CC(C)C(CCNC(=O)N(CCO)C1CC1)CCC(=O)O. The van der Waals surface area contributed by atoms with Gasteiger partial charge >= 0.3 is 12.0 Å². The van der Waals surface area contributed by atoms with Crippen molar-refractivity contribution in [2.24, 2.45) is 11.8 Å². The van der Waals surface area contributed by atoms with E-state index >= 15 is 0 Å². The van der Waals surface area contributed by atoms with Crippen LogP contribution in [0.5, 0.6) is 0 Å². The van der Waals surface area contributed by atoms with Gasteiger partial charge in [-0.05, 0) is 37.5 Å². The molecule has 0 heterocycles. The Morgan fingerprint density at radius 1 is 1.29 bits per heavy atom. The third-order valence-corrected chi connectivity index (χ3v) is 4.05. The number of rotatable bonds is 10. The molecular formula is C15H28N2O4. The number of carboxylic acid groups (broad SMARTS) is 1. The molecule has 0 saturated heterocycles. The zero-order chi connectivity index (χ0) is 15.8. The van der Waals surface area contributed by atoms with Crippen molar-refractivity contribution in [3.05, 3.63) is 0 Å². The summed E-state index contributed by atoms with van der Waals surface area (Å²) in [4.78, 5) is 24.4. The zero-order valence-corrected chi connectivity index (χ0v) is 13.0. The molecule has 122 valence electrons. The maximum Gasteiger partial charge on any atom is 0.317 e. The van der Waals surface area contributed by atoms with E-state index in [1.54, 1.807) is 4.90 Å². The molecule has 6 nitrogen and oxygen atoms in total. The minimum absolute atomic E-state index is 0.0167. The van der Waals surface area contributed by atoms with E-state index in [1.165, 1.54) is 0 Å². The summed E-state index contributed by atoms with van der Waals surface area (Å²) in [5.41, 5.74) is 0. The van der Waals surface area contributed by atoms with Gasteiger partial charge < -0.3 is 20.4 Å². The van der Waals surface area contributed by atoms with Gasteiger partial charge in [-0.1, -0.05) is 13.8 Å². The van der Waals surface area contributed by atoms with E-state index in [1.807, 2.05) is 0 Å². The number of amides is 2. The second kappa shape index (κ2) is 8.87. The Bertz CT molecular complexity index is 343. The van der Waals surface area contributed by atoms with E-state index in [9.17, 15) is 9.59 Å². The van der Waals surface area contributed by atoms with Crippen LogP contribution >= 0.6 is 0 Å². The number of hydrogen-bond acceptors (Lipinski definition) is 3. The lowest BCUT2D eigenvalue weighted by atomic mass is 9.88. The number of carbonyl (C=O) groups excluding carboxylic acids is 1. The van der Waals surface area contributed by atoms with E-state index in [-0.39, 0.29) is 25.1 Å². The van der Waals surface area contributed by atoms with Crippen molar-refractivity contribution in [1.82, 2.24) is 10.2 Å². The summed E-state index contributed by atoms with van der Waals surface area (Å²) in [6.07, 6.45) is 3.64. The van der Waals surface area contributed by atoms with E-state index < -0.39 is 5.97 Å². The molecule has 1 saturated carbocycles. The number of hydrogen-bond donors (Lipinski definition) is 3. The topological polar surface area (TPSA) is 89.9 Å². The molecule has 1 unspecified atom stereocenters. The average molecular weight is 300 g/mol. The third-order valence-electron chi connectivity index (χ3n) is 4.05. The summed E-state index contributed by atoms with van der Waals surface area (Å²) in [5.74, 6) is -0.0700. The summed E-state index contributed by atoms with van der Waals surface area (Å²) in [6.45, 7) is 5.07. The van der Waals surface area contributed by atoms with Crippen molar-refractivity contribution in [2.75, 3.05) is 19.7 Å². The van der Waals surface area contributed by atoms with Crippen LogP contribution in [0.15, 0.2) is 0 Å². The molecule has 0 bridgehead atoms. The normalized spacial score (nSPS) is 15.8. The Hall–Kier alpha value is -1.30. The van der Waals surface area contributed by atoms with Crippen molar-refractivity contribution < 1.29 is 19.8 Å². The standard InChI is InChI=1S/C15H28N2O4/c1-11(2)12(3-6-14(19)20)7-8-16-15(21)17(9-10-18)13-4-5-13/h11-13,18H,3-10H2,1-2H3,(H,16,21)(H,19,20). The number of nitrogens with one attached hydrogen (secondary N) is 1. The maximum absolute atomic E-state index is 12.0. The predicted molar refractivity (Wildman–Crippen MR) is 80.0 cm³/mol. The van der Waals surface area contributed by atoms with Crippen LogP contribution in [0.4, 0.5) is 4.79 Å². The summed E-state index contributed by atoms with van der Waals surface area (Å²) in [7, 11) is 0. The minimum atomic E-state index is -0.771. The van der Waals surface area contributed by atoms with E-state index in [2.05, 4.69) is 19.2 Å². The van der Waals surface area contributed by atoms with Gasteiger partial charge in [0.05, 0.1) is 6.61 Å². The lowest BCUT2D eigenvalue weighted by Gasteiger charge is -2.24. The number of urea groups is 1. The highest BCUT2D eigenvalue weighted by Crippen LogP contribution is 2.26. The van der Waals surface area contributed by atoms with E-state index in [0.29, 0.717) is 31.3 Å². The summed E-state index contributed by atoms with van der Waals surface area (Å²) in [5, 5.41) is 20.6. The number of aliphatic hydroxyl groups is 1. The largest absolute Gasteiger partial charge is 0.481 e. The fraction of sp³-hybridized carbons (Fsp3) is 0.867. The van der Waals surface area contributed by atoms with Gasteiger partial charge in [0, 0.05) is 25.6 Å². The third kappa shape index (κ3) is 6.80. The first-order chi connectivity index (χ1) is 9.95. The number of aliphatic carboxylic acids is 1. The summed E-state index contributed by atoms with van der Waals surface area (Å²) in [6, 6.07) is 0.164. The molecule has 1 atom stereocenters. The van der Waals surface area contributed by atoms with Crippen LogP contribution in [-0.4, -0.2) is 52.9 Å². The highest BCUT2D eigenvalue weighted by Gasteiger charge is 2.32. The van der Waals surface area contributed by atoms with Crippen molar-refractivity contribution in [1.29, 1.82) is 0 Å². The van der Waals surface area contributed by atoms with Gasteiger partial charge in [0.2, 0.25) is 0 Å². The van der Waals surface area contributed by atoms with Crippen LogP contribution in [0.25, 0.3) is 0 Å². The molecule has 0 aliphatic heterocycles. The second-order valence-electron chi connectivity index (χ2n) is 6.11. The van der Waals surface area contributed by atoms with Crippen LogP contribution in [0.1, 0.15) is 46.0 Å². The number of nitrogens with zero attached hydrogens (tertiary/aromatic N) is 1. The van der Waals surface area contributed by atoms with Crippen molar-refractivity contribution in [3.63, 3.8) is 0 Å². The Morgan fingerprint density at radius 3 is 2.43 bits per heavy atom. The van der Waals surface area contributed by atoms with Crippen LogP contribution in [-0.2, 0) is 4.79 Å². The first-order valence-corrected chi connectivity index (χ1v) is 7.82. The zero-order valence-electron chi connectivity index (χ0n) is 13.0. The molecule has 0 aromatic carbocycles. The van der Waals surface area contributed by atoms with Gasteiger partial charge in [-0.2, -0.15) is 0 Å². The van der Waals surface area contributed by atoms with E-state index in [4.69, 9.17) is 10.2 Å². The monoisotopic (exact) mass is 300 g/mol. The molecule has 1 aliphatic rings. The lowest BCUT2D eigenvalue weighted by Crippen LogP contribution is -2.43. The molecule has 6 heteroatoms. The molecule has 1 rings (SSSR count). The van der Waals surface area contributed by atoms with Gasteiger partial charge in [0.25, 0.3) is 0 Å². The molecule has 0 aromatic rings. The molecule has 0 radical (unpaired) electrons. The molecule has 1 aliphatic carbocycles. The Balaban J connectivity index is 2.31. The van der Waals surface area contributed by atoms with Crippen LogP contribution in [0, 0.1) is 11.8 Å². The Labute approximate surface area is 126 Å². The lowest BCUT2D eigenvalue weighted by molar-refractivity contribution is -0.137. The predicted octanol–water partition coefficient (Wildman–Crippen LogP) is 1.68. The first kappa shape index (κ1) is 17.8. The van der Waals surface area contributed by atoms with Gasteiger partial charge in [-0.25, -0.2) is 4.79 Å². The van der Waals surface area contributed by atoms with Crippen molar-refractivity contribution >= 4 is 12.0 Å². The maximum atomic E-state index is 12.0. The van der Waals surface area contributed by atoms with Crippen molar-refractivity contribution in [3.8, 4) is 0 Å². The molecule has 0 spiro atoms. The van der Waals surface area contributed by atoms with Crippen molar-refractivity contribution in [2.45, 2.75) is 52.0 Å². The van der Waals surface area contributed by atoms with Crippen LogP contribution < -0.4 is 5.32 Å². The molecule has 21 heavy (non-hydrogen) atoms. The Kier molecular flexibility index (Phi) is 7.50. The average Bonchev–Trinajstić information content (AvgIpc) is 3.23. The highest BCUT2D eigenvalue weighted by molar-refractivity contribution is 5.74. The van der Waals surface area contributed by atoms with Gasteiger partial charge in [-0.15, -0.1) is 0 Å². The van der Waals surface area contributed by atoms with Gasteiger partial charge in [-0.3, -0.25) is 4.79 Å². The van der Waals surface area contributed by atoms with Gasteiger partial charge in [0.15, 0.2) is 0 Å². The first-order valence-electron chi connectivity index (χ1n) is 7.82. The fourth-order valence-electron chi connectivity index (χ4n) is 2.53. The molecule has 2 amide bonds. The quantitative estimate of drug-likeness (QED) is 0.572. The number of carboxylic acids is 1. The minimum Gasteiger partial charge on any atom is -0.481 e. The van der Waals surface area contributed by atoms with Crippen LogP contribution in [0.3, 0.4) is 0 Å². The van der Waals surface area contributed by atoms with E-state index in [0.717, 1.165) is 19.3 Å². The molecule has 1 fully saturated rings. The van der Waals surface area contributed by atoms with Gasteiger partial charge in [0.1, 0.15) is 0 Å². The molecule has 0 aromatic heterocycles. The Morgan fingerprint density at radius 2 is 1.95 bits per heavy atom. The molecular weight excluding hydrogens is 272 g/mol. The number of carbonyl (C=O) groups is 2. The molecule has 3 N–H and O–H groups in total. The summed E-state index contributed by atoms with van der Waals surface area (Å²) < 4.78 is 0. The smallest absolute Gasteiger partial charge is 0.317 e. The number of aliphatic hydroxyl groups excluding tert-OH is 1. The van der Waals surface area contributed by atoms with Crippen LogP contribution in [0.2, 0.25) is 0 Å². The summed E-state index contributed by atoms with van der Waals surface area (Å²) >= 11 is 0. The second-order valence-corrected chi connectivity index (χ2v) is 6.11. The highest BCUT2D eigenvalue weighted by atomic mass is 16.4. The fourth-order valence-corrected chi connectivity index (χ4v) is 2.53.